The average Bonchev–Trinajstić information content (AvgIpc) is 3.07. The quantitative estimate of drug-likeness (QED) is 0.0215. The van der Waals surface area contributed by atoms with E-state index >= 15 is 0 Å². The first-order valence-corrected chi connectivity index (χ1v) is 22.2. The number of allylic oxidation sites excluding steroid dienone is 3. The Labute approximate surface area is 303 Å². The van der Waals surface area contributed by atoms with Crippen molar-refractivity contribution in [1.29, 1.82) is 0 Å². The third kappa shape index (κ3) is 41.2. The molecule has 0 aromatic heterocycles. The molecule has 2 N–H and O–H groups in total. The van der Waals surface area contributed by atoms with E-state index in [2.05, 4.69) is 30.5 Å². The van der Waals surface area contributed by atoms with Crippen molar-refractivity contribution in [2.75, 3.05) is 13.2 Å². The van der Waals surface area contributed by atoms with E-state index in [-0.39, 0.29) is 13.0 Å². The van der Waals surface area contributed by atoms with Crippen LogP contribution in [-0.4, -0.2) is 35.1 Å². The Hall–Kier alpha value is -1.14. The molecule has 0 bridgehead atoms. The number of carbonyl (C=O) groups excluding carboxylic acids is 1. The van der Waals surface area contributed by atoms with E-state index in [0.29, 0.717) is 0 Å². The van der Waals surface area contributed by atoms with Gasteiger partial charge >= 0.3 is 13.8 Å². The number of ether oxygens (including phenoxy) is 2. The minimum atomic E-state index is -4.67. The summed E-state index contributed by atoms with van der Waals surface area (Å²) in [7, 11) is -4.67. The normalized spacial score (nSPS) is 12.7. The maximum atomic E-state index is 12.4. The van der Waals surface area contributed by atoms with Crippen LogP contribution in [0.3, 0.4) is 0 Å². The number of rotatable bonds is 39. The Morgan fingerprint density at radius 3 is 1.31 bits per heavy atom. The van der Waals surface area contributed by atoms with Crippen molar-refractivity contribution >= 4 is 13.8 Å². The lowest BCUT2D eigenvalue weighted by atomic mass is 10.0. The van der Waals surface area contributed by atoms with Crippen LogP contribution in [0.15, 0.2) is 24.5 Å². The van der Waals surface area contributed by atoms with Crippen LogP contribution in [0.25, 0.3) is 0 Å². The van der Waals surface area contributed by atoms with Gasteiger partial charge in [-0.25, -0.2) is 4.57 Å². The molecule has 8 heteroatoms. The third-order valence-corrected chi connectivity index (χ3v) is 9.55. The van der Waals surface area contributed by atoms with Crippen LogP contribution >= 0.6 is 7.82 Å². The fourth-order valence-electron chi connectivity index (χ4n) is 5.99. The maximum absolute atomic E-state index is 12.4. The molecule has 0 aliphatic heterocycles. The zero-order chi connectivity index (χ0) is 35.9. The molecular weight excluding hydrogens is 635 g/mol. The number of unbranched alkanes of at least 4 members (excludes halogenated alkanes) is 27. The lowest BCUT2D eigenvalue weighted by Gasteiger charge is -2.18. The predicted molar refractivity (Wildman–Crippen MR) is 207 cm³/mol. The predicted octanol–water partition coefficient (Wildman–Crippen LogP) is 13.2. The van der Waals surface area contributed by atoms with Crippen LogP contribution in [0.1, 0.15) is 213 Å². The lowest BCUT2D eigenvalue weighted by molar-refractivity contribution is -0.153. The number of esters is 1. The molecule has 49 heavy (non-hydrogen) atoms. The van der Waals surface area contributed by atoms with Gasteiger partial charge < -0.3 is 19.3 Å². The van der Waals surface area contributed by atoms with Gasteiger partial charge in [-0.1, -0.05) is 174 Å². The standard InChI is InChI=1S/C41H79O7P/c1-3-5-7-9-11-13-15-17-19-20-21-23-25-27-29-31-33-35-37-46-38-40(39-47-49(43,44)45)48-41(42)36-34-32-30-28-26-24-22-18-16-14-12-10-8-6-4-2/h18,22,35,37,40H,3-17,19-21,23-34,36,38-39H2,1-2H3,(H2,43,44,45)/b22-18-,37-35-/t40-/m1/s1. The van der Waals surface area contributed by atoms with E-state index < -0.39 is 26.5 Å². The molecule has 0 aliphatic carbocycles. The second-order valence-electron chi connectivity index (χ2n) is 14.0. The molecule has 7 nitrogen and oxygen atoms in total. The van der Waals surface area contributed by atoms with Crippen molar-refractivity contribution in [3.8, 4) is 0 Å². The molecule has 0 aliphatic rings. The summed E-state index contributed by atoms with van der Waals surface area (Å²) in [6.07, 6.45) is 45.5. The summed E-state index contributed by atoms with van der Waals surface area (Å²) in [6.45, 7) is 4.11. The van der Waals surface area contributed by atoms with Gasteiger partial charge in [0.25, 0.3) is 0 Å². The highest BCUT2D eigenvalue weighted by Crippen LogP contribution is 2.36. The minimum absolute atomic E-state index is 0.00638. The summed E-state index contributed by atoms with van der Waals surface area (Å²) in [5, 5.41) is 0. The van der Waals surface area contributed by atoms with Crippen LogP contribution in [0.2, 0.25) is 0 Å². The fraction of sp³-hybridized carbons (Fsp3) is 0.878. The molecule has 0 fully saturated rings. The summed E-state index contributed by atoms with van der Waals surface area (Å²) >= 11 is 0. The first-order chi connectivity index (χ1) is 23.9. The zero-order valence-corrected chi connectivity index (χ0v) is 33.0. The lowest BCUT2D eigenvalue weighted by Crippen LogP contribution is -2.27. The molecule has 0 radical (unpaired) electrons. The second kappa shape index (κ2) is 38.1. The largest absolute Gasteiger partial charge is 0.498 e. The summed E-state index contributed by atoms with van der Waals surface area (Å²) in [5.41, 5.74) is 0. The topological polar surface area (TPSA) is 102 Å². The van der Waals surface area contributed by atoms with Crippen LogP contribution in [-0.2, 0) is 23.4 Å². The molecule has 0 amide bonds. The first kappa shape index (κ1) is 47.9. The molecular formula is C41H79O7P. The number of carbonyl (C=O) groups is 1. The van der Waals surface area contributed by atoms with Gasteiger partial charge in [0.05, 0.1) is 12.9 Å². The Morgan fingerprint density at radius 1 is 0.531 bits per heavy atom. The van der Waals surface area contributed by atoms with E-state index in [1.54, 1.807) is 6.26 Å². The van der Waals surface area contributed by atoms with Crippen molar-refractivity contribution < 1.29 is 33.1 Å². The highest BCUT2D eigenvalue weighted by atomic mass is 31.2. The summed E-state index contributed by atoms with van der Waals surface area (Å²) in [4.78, 5) is 30.5. The summed E-state index contributed by atoms with van der Waals surface area (Å²) in [6, 6.07) is 0. The van der Waals surface area contributed by atoms with Gasteiger partial charge in [0.15, 0.2) is 6.10 Å². The van der Waals surface area contributed by atoms with E-state index in [0.717, 1.165) is 44.9 Å². The molecule has 0 saturated heterocycles. The summed E-state index contributed by atoms with van der Waals surface area (Å²) < 4.78 is 26.7. The third-order valence-electron chi connectivity index (χ3n) is 9.07. The van der Waals surface area contributed by atoms with Gasteiger partial charge in [0.1, 0.15) is 6.61 Å². The van der Waals surface area contributed by atoms with E-state index in [1.807, 2.05) is 6.08 Å². The van der Waals surface area contributed by atoms with Gasteiger partial charge in [0.2, 0.25) is 0 Å². The minimum Gasteiger partial charge on any atom is -0.498 e. The number of phosphoric acid groups is 1. The van der Waals surface area contributed by atoms with Crippen LogP contribution < -0.4 is 0 Å². The highest BCUT2D eigenvalue weighted by molar-refractivity contribution is 7.46. The van der Waals surface area contributed by atoms with Crippen LogP contribution in [0.5, 0.6) is 0 Å². The Balaban J connectivity index is 3.83. The summed E-state index contributed by atoms with van der Waals surface area (Å²) in [5.74, 6) is -0.391. The SMILES string of the molecule is CCCCCCCC/C=C\CCCCCCCC(=O)O[C@H](CO/C=C\CCCCCCCCCCCCCCCCCC)COP(=O)(O)O. The molecule has 0 heterocycles. The molecule has 0 saturated carbocycles. The second-order valence-corrected chi connectivity index (χ2v) is 15.3. The van der Waals surface area contributed by atoms with Crippen molar-refractivity contribution in [3.63, 3.8) is 0 Å². The van der Waals surface area contributed by atoms with Gasteiger partial charge in [-0.3, -0.25) is 9.32 Å². The molecule has 0 unspecified atom stereocenters. The van der Waals surface area contributed by atoms with Crippen LogP contribution in [0.4, 0.5) is 0 Å². The average molecular weight is 715 g/mol. The van der Waals surface area contributed by atoms with E-state index in [4.69, 9.17) is 19.3 Å². The van der Waals surface area contributed by atoms with Gasteiger partial charge in [0, 0.05) is 6.42 Å². The Bertz CT molecular complexity index is 795. The maximum Gasteiger partial charge on any atom is 0.469 e. The van der Waals surface area contributed by atoms with Gasteiger partial charge in [-0.15, -0.1) is 0 Å². The zero-order valence-electron chi connectivity index (χ0n) is 32.1. The van der Waals surface area contributed by atoms with Crippen molar-refractivity contribution in [1.82, 2.24) is 0 Å². The van der Waals surface area contributed by atoms with Crippen molar-refractivity contribution in [2.45, 2.75) is 219 Å². The van der Waals surface area contributed by atoms with Gasteiger partial charge in [-0.2, -0.15) is 0 Å². The Kier molecular flexibility index (Phi) is 37.2. The van der Waals surface area contributed by atoms with E-state index in [9.17, 15) is 9.36 Å². The monoisotopic (exact) mass is 715 g/mol. The molecule has 0 rings (SSSR count). The molecule has 290 valence electrons. The number of hydrogen-bond donors (Lipinski definition) is 2. The smallest absolute Gasteiger partial charge is 0.469 e. The molecule has 1 atom stereocenters. The highest BCUT2D eigenvalue weighted by Gasteiger charge is 2.21. The molecule has 0 aromatic rings. The molecule has 0 aromatic carbocycles. The van der Waals surface area contributed by atoms with E-state index in [1.165, 1.54) is 148 Å². The molecule has 0 spiro atoms. The number of hydrogen-bond acceptors (Lipinski definition) is 5. The van der Waals surface area contributed by atoms with Crippen LogP contribution in [0, 0.1) is 0 Å². The number of phosphoric ester groups is 1. The first-order valence-electron chi connectivity index (χ1n) is 20.7. The Morgan fingerprint density at radius 2 is 0.898 bits per heavy atom. The van der Waals surface area contributed by atoms with Crippen molar-refractivity contribution in [3.05, 3.63) is 24.5 Å². The van der Waals surface area contributed by atoms with Gasteiger partial charge in [-0.05, 0) is 51.0 Å². The van der Waals surface area contributed by atoms with Crippen molar-refractivity contribution in [2.24, 2.45) is 0 Å². The fourth-order valence-corrected chi connectivity index (χ4v) is 6.35.